The van der Waals surface area contributed by atoms with Crippen LogP contribution in [0, 0.1) is 0 Å². The summed E-state index contributed by atoms with van der Waals surface area (Å²) < 4.78 is 23.3. The number of hydrogen-bond donors (Lipinski definition) is 1. The number of aromatic nitrogens is 4. The first-order valence-electron chi connectivity index (χ1n) is 4.18. The van der Waals surface area contributed by atoms with Crippen LogP contribution in [0.25, 0.3) is 11.2 Å². The molecule has 0 aliphatic rings. The minimum absolute atomic E-state index is 0.0104. The maximum Gasteiger partial charge on any atom is 0.332 e. The highest BCUT2D eigenvalue weighted by Crippen LogP contribution is 2.05. The Morgan fingerprint density at radius 2 is 1.94 bits per heavy atom. The number of nitrogens with one attached hydrogen (secondary N) is 1. The summed E-state index contributed by atoms with van der Waals surface area (Å²) in [5.41, 5.74) is -1.16. The van der Waals surface area contributed by atoms with Gasteiger partial charge in [-0.05, 0) is 0 Å². The highest BCUT2D eigenvalue weighted by Gasteiger charge is 2.13. The molecule has 2 aromatic rings. The third kappa shape index (κ3) is 1.32. The molecule has 0 aromatic carbocycles. The number of aryl methyl sites for hydroxylation is 1. The van der Waals surface area contributed by atoms with Gasteiger partial charge in [-0.25, -0.2) is 9.78 Å². The average Bonchev–Trinajstić information content (AvgIpc) is 2.68. The van der Waals surface area contributed by atoms with E-state index in [4.69, 9.17) is 0 Å². The molecule has 2 aromatic heterocycles. The van der Waals surface area contributed by atoms with Crippen molar-refractivity contribution in [2.45, 2.75) is 5.16 Å². The summed E-state index contributed by atoms with van der Waals surface area (Å²) in [7, 11) is 2.71. The number of H-pyrrole nitrogens is 1. The van der Waals surface area contributed by atoms with E-state index in [1.54, 1.807) is 0 Å². The molecule has 1 atom stereocenters. The van der Waals surface area contributed by atoms with Crippen molar-refractivity contribution in [3.8, 4) is 0 Å². The van der Waals surface area contributed by atoms with Crippen molar-refractivity contribution in [3.05, 3.63) is 20.8 Å². The van der Waals surface area contributed by atoms with Gasteiger partial charge < -0.3 is 9.54 Å². The number of rotatable bonds is 1. The molecule has 0 aliphatic heterocycles. The summed E-state index contributed by atoms with van der Waals surface area (Å²) in [6.45, 7) is 0. The van der Waals surface area contributed by atoms with E-state index in [1.807, 2.05) is 0 Å². The molecule has 0 radical (unpaired) electrons. The summed E-state index contributed by atoms with van der Waals surface area (Å²) in [4.78, 5) is 29.1. The minimum Gasteiger partial charge on any atom is -0.766 e. The lowest BCUT2D eigenvalue weighted by Crippen LogP contribution is -2.36. The van der Waals surface area contributed by atoms with Crippen LogP contribution in [0.5, 0.6) is 0 Å². The fourth-order valence-electron chi connectivity index (χ4n) is 1.38. The second-order valence-corrected chi connectivity index (χ2v) is 4.04. The van der Waals surface area contributed by atoms with Crippen molar-refractivity contribution in [1.29, 1.82) is 0 Å². The molecule has 0 bridgehead atoms. The van der Waals surface area contributed by atoms with E-state index in [-0.39, 0.29) is 16.3 Å². The highest BCUT2D eigenvalue weighted by molar-refractivity contribution is 7.79. The molecule has 0 aliphatic carbocycles. The predicted octanol–water partition coefficient (Wildman–Crippen LogP) is -1.80. The van der Waals surface area contributed by atoms with Gasteiger partial charge in [0.1, 0.15) is 0 Å². The van der Waals surface area contributed by atoms with Crippen LogP contribution in [-0.2, 0) is 25.2 Å². The normalized spacial score (nSPS) is 13.2. The van der Waals surface area contributed by atoms with E-state index < -0.39 is 22.3 Å². The Morgan fingerprint density at radius 1 is 1.31 bits per heavy atom. The molecule has 1 unspecified atom stereocenters. The smallest absolute Gasteiger partial charge is 0.332 e. The topological polar surface area (TPSA) is 113 Å². The van der Waals surface area contributed by atoms with Crippen molar-refractivity contribution in [3.63, 3.8) is 0 Å². The second kappa shape index (κ2) is 3.39. The standard InChI is InChI=1S/C7H8N4O4S/c1-10-4-3(5(12)11(2)7(10)13)8-6(9-4)16(14)15/h1-2H3,(H,8,9)(H,14,15)/p-1. The molecular weight excluding hydrogens is 236 g/mol. The lowest BCUT2D eigenvalue weighted by molar-refractivity contribution is 0.530. The molecule has 0 fully saturated rings. The van der Waals surface area contributed by atoms with Crippen LogP contribution in [0.4, 0.5) is 0 Å². The third-order valence-electron chi connectivity index (χ3n) is 2.23. The number of aromatic amines is 1. The molecule has 9 heteroatoms. The molecule has 8 nitrogen and oxygen atoms in total. The quantitative estimate of drug-likeness (QED) is 0.593. The molecule has 0 spiro atoms. The van der Waals surface area contributed by atoms with Crippen LogP contribution < -0.4 is 11.2 Å². The molecule has 2 heterocycles. The zero-order chi connectivity index (χ0) is 12.0. The van der Waals surface area contributed by atoms with Crippen molar-refractivity contribution in [1.82, 2.24) is 19.1 Å². The van der Waals surface area contributed by atoms with Gasteiger partial charge in [0.05, 0.1) is 0 Å². The van der Waals surface area contributed by atoms with E-state index in [0.29, 0.717) is 0 Å². The largest absolute Gasteiger partial charge is 0.766 e. The van der Waals surface area contributed by atoms with Crippen LogP contribution in [0.3, 0.4) is 0 Å². The van der Waals surface area contributed by atoms with Crippen LogP contribution in [0.2, 0.25) is 0 Å². The van der Waals surface area contributed by atoms with Gasteiger partial charge in [0.15, 0.2) is 16.3 Å². The number of imidazole rings is 1. The van der Waals surface area contributed by atoms with Crippen LogP contribution in [0.15, 0.2) is 14.7 Å². The fraction of sp³-hybridized carbons (Fsp3) is 0.286. The molecule has 1 N–H and O–H groups in total. The first-order valence-corrected chi connectivity index (χ1v) is 5.26. The van der Waals surface area contributed by atoms with E-state index in [0.717, 1.165) is 9.13 Å². The van der Waals surface area contributed by atoms with Crippen LogP contribution in [-0.4, -0.2) is 27.9 Å². The zero-order valence-electron chi connectivity index (χ0n) is 8.38. The number of fused-ring (bicyclic) bond motifs is 1. The monoisotopic (exact) mass is 243 g/mol. The second-order valence-electron chi connectivity index (χ2n) is 3.18. The Balaban J connectivity index is 3.04. The van der Waals surface area contributed by atoms with Gasteiger partial charge in [0, 0.05) is 25.2 Å². The molecular formula is C7H7N4O4S-. The molecule has 0 saturated carbocycles. The van der Waals surface area contributed by atoms with Gasteiger partial charge in [-0.2, -0.15) is 0 Å². The number of nitrogens with zero attached hydrogens (tertiary/aromatic N) is 3. The Bertz CT molecular complexity index is 709. The van der Waals surface area contributed by atoms with Gasteiger partial charge in [0.2, 0.25) is 0 Å². The first kappa shape index (κ1) is 10.8. The lowest BCUT2D eigenvalue weighted by Gasteiger charge is -2.00. The van der Waals surface area contributed by atoms with Gasteiger partial charge in [-0.1, -0.05) is 0 Å². The van der Waals surface area contributed by atoms with Crippen molar-refractivity contribution < 1.29 is 8.76 Å². The predicted molar refractivity (Wildman–Crippen MR) is 53.8 cm³/mol. The molecule has 0 amide bonds. The van der Waals surface area contributed by atoms with Crippen molar-refractivity contribution in [2.24, 2.45) is 14.1 Å². The van der Waals surface area contributed by atoms with Crippen molar-refractivity contribution >= 4 is 22.2 Å². The van der Waals surface area contributed by atoms with E-state index in [2.05, 4.69) is 9.97 Å². The Hall–Kier alpha value is -1.74. The van der Waals surface area contributed by atoms with Gasteiger partial charge in [-0.15, -0.1) is 0 Å². The zero-order valence-corrected chi connectivity index (χ0v) is 9.20. The fourth-order valence-corrected chi connectivity index (χ4v) is 1.73. The summed E-state index contributed by atoms with van der Waals surface area (Å²) >= 11 is -2.57. The van der Waals surface area contributed by atoms with E-state index in [9.17, 15) is 18.4 Å². The summed E-state index contributed by atoms with van der Waals surface area (Å²) in [5.74, 6) is 0. The Labute approximate surface area is 90.8 Å². The molecule has 2 rings (SSSR count). The van der Waals surface area contributed by atoms with Crippen molar-refractivity contribution in [2.75, 3.05) is 0 Å². The van der Waals surface area contributed by atoms with E-state index in [1.165, 1.54) is 14.1 Å². The minimum atomic E-state index is -2.57. The van der Waals surface area contributed by atoms with Gasteiger partial charge in [0.25, 0.3) is 5.56 Å². The van der Waals surface area contributed by atoms with Gasteiger partial charge in [-0.3, -0.25) is 18.1 Å². The molecule has 0 saturated heterocycles. The molecule has 16 heavy (non-hydrogen) atoms. The van der Waals surface area contributed by atoms with Gasteiger partial charge >= 0.3 is 5.69 Å². The summed E-state index contributed by atoms with van der Waals surface area (Å²) in [6, 6.07) is 0. The number of hydrogen-bond acceptors (Lipinski definition) is 5. The van der Waals surface area contributed by atoms with Crippen LogP contribution >= 0.6 is 0 Å². The van der Waals surface area contributed by atoms with E-state index >= 15 is 0 Å². The SMILES string of the molecule is Cn1c(=O)c2[nH]c(S(=O)[O-])nc2n(C)c1=O. The highest BCUT2D eigenvalue weighted by atomic mass is 32.2. The third-order valence-corrected chi connectivity index (χ3v) is 2.74. The molecule has 86 valence electrons. The first-order chi connectivity index (χ1) is 7.43. The van der Waals surface area contributed by atoms with Crippen LogP contribution in [0.1, 0.15) is 0 Å². The average molecular weight is 243 g/mol. The maximum atomic E-state index is 11.6. The maximum absolute atomic E-state index is 11.6. The summed E-state index contributed by atoms with van der Waals surface area (Å²) in [5, 5.41) is -0.367. The Morgan fingerprint density at radius 3 is 2.50 bits per heavy atom. The summed E-state index contributed by atoms with van der Waals surface area (Å²) in [6.07, 6.45) is 0. The lowest BCUT2D eigenvalue weighted by atomic mass is 10.5. The Kier molecular flexibility index (Phi) is 2.28.